The maximum Gasteiger partial charge on any atom is 0.267 e. The number of hydrogen-bond donors (Lipinski definition) is 0. The molecule has 0 radical (unpaired) electrons. The van der Waals surface area contributed by atoms with Gasteiger partial charge in [-0.15, -0.1) is 10.2 Å². The van der Waals surface area contributed by atoms with Gasteiger partial charge in [0.2, 0.25) is 11.8 Å². The van der Waals surface area contributed by atoms with Gasteiger partial charge in [0.15, 0.2) is 0 Å². The first-order valence-corrected chi connectivity index (χ1v) is 8.28. The van der Waals surface area contributed by atoms with E-state index in [-0.39, 0.29) is 0 Å². The lowest BCUT2D eigenvalue weighted by Gasteiger charge is -2.26. The summed E-state index contributed by atoms with van der Waals surface area (Å²) in [7, 11) is 0. The molecule has 1 saturated heterocycles. The quantitative estimate of drug-likeness (QED) is 0.727. The molecular weight excluding hydrogens is 318 g/mol. The summed E-state index contributed by atoms with van der Waals surface area (Å²) in [5, 5.41) is 8.40. The highest BCUT2D eigenvalue weighted by Crippen LogP contribution is 2.27. The normalized spacial score (nSPS) is 14.7. The number of nitrogens with zero attached hydrogens (tertiary/aromatic N) is 5. The van der Waals surface area contributed by atoms with E-state index in [9.17, 15) is 0 Å². The standard InChI is InChI=1S/C18H19N5O2/c1-12-5-3-4-6-14(12)16-21-22-17(25-16)15-13(2)11-19-18(20-15)23-7-9-24-10-8-23/h3-6,11H,7-10H2,1-2H3. The molecular formula is C18H19N5O2. The molecule has 1 fully saturated rings. The lowest BCUT2D eigenvalue weighted by Crippen LogP contribution is -2.37. The lowest BCUT2D eigenvalue weighted by molar-refractivity contribution is 0.122. The SMILES string of the molecule is Cc1ccccc1-c1nnc(-c2nc(N3CCOCC3)ncc2C)o1. The van der Waals surface area contributed by atoms with Gasteiger partial charge in [0.25, 0.3) is 5.89 Å². The fraction of sp³-hybridized carbons (Fsp3) is 0.333. The van der Waals surface area contributed by atoms with Gasteiger partial charge >= 0.3 is 0 Å². The molecule has 0 atom stereocenters. The second-order valence-corrected chi connectivity index (χ2v) is 6.03. The number of benzene rings is 1. The van der Waals surface area contributed by atoms with Gasteiger partial charge in [-0.1, -0.05) is 18.2 Å². The Morgan fingerprint density at radius 1 is 0.960 bits per heavy atom. The molecule has 0 saturated carbocycles. The zero-order valence-electron chi connectivity index (χ0n) is 14.3. The van der Waals surface area contributed by atoms with Gasteiger partial charge in [0.1, 0.15) is 5.69 Å². The third-order valence-corrected chi connectivity index (χ3v) is 4.26. The second kappa shape index (κ2) is 6.60. The number of rotatable bonds is 3. The van der Waals surface area contributed by atoms with Crippen molar-refractivity contribution in [3.05, 3.63) is 41.6 Å². The molecule has 4 rings (SSSR count). The second-order valence-electron chi connectivity index (χ2n) is 6.03. The number of hydrogen-bond acceptors (Lipinski definition) is 7. The minimum Gasteiger partial charge on any atom is -0.415 e. The summed E-state index contributed by atoms with van der Waals surface area (Å²) in [5.41, 5.74) is 3.59. The lowest BCUT2D eigenvalue weighted by atomic mass is 10.1. The van der Waals surface area contributed by atoms with E-state index in [1.54, 1.807) is 6.20 Å². The molecule has 0 unspecified atom stereocenters. The third kappa shape index (κ3) is 3.10. The number of aromatic nitrogens is 4. The summed E-state index contributed by atoms with van der Waals surface area (Å²) in [5.74, 6) is 1.58. The van der Waals surface area contributed by atoms with Crippen LogP contribution in [0.3, 0.4) is 0 Å². The Hall–Kier alpha value is -2.80. The van der Waals surface area contributed by atoms with Gasteiger partial charge in [-0.3, -0.25) is 0 Å². The average molecular weight is 337 g/mol. The van der Waals surface area contributed by atoms with Crippen LogP contribution in [-0.4, -0.2) is 46.5 Å². The van der Waals surface area contributed by atoms with Crippen LogP contribution in [0.2, 0.25) is 0 Å². The van der Waals surface area contributed by atoms with Crippen molar-refractivity contribution >= 4 is 5.95 Å². The minimum absolute atomic E-state index is 0.410. The molecule has 128 valence electrons. The Morgan fingerprint density at radius 3 is 2.52 bits per heavy atom. The predicted molar refractivity (Wildman–Crippen MR) is 93.3 cm³/mol. The Labute approximate surface area is 145 Å². The van der Waals surface area contributed by atoms with E-state index in [0.29, 0.717) is 36.6 Å². The highest BCUT2D eigenvalue weighted by atomic mass is 16.5. The number of ether oxygens (including phenoxy) is 1. The van der Waals surface area contributed by atoms with Crippen LogP contribution in [0.1, 0.15) is 11.1 Å². The molecule has 25 heavy (non-hydrogen) atoms. The topological polar surface area (TPSA) is 77.2 Å². The number of aryl methyl sites for hydroxylation is 2. The fourth-order valence-electron chi connectivity index (χ4n) is 2.81. The first-order valence-electron chi connectivity index (χ1n) is 8.28. The van der Waals surface area contributed by atoms with Crippen molar-refractivity contribution in [2.75, 3.05) is 31.2 Å². The van der Waals surface area contributed by atoms with E-state index >= 15 is 0 Å². The summed E-state index contributed by atoms with van der Waals surface area (Å²) in [6.07, 6.45) is 1.80. The van der Waals surface area contributed by atoms with Gasteiger partial charge in [-0.25, -0.2) is 9.97 Å². The van der Waals surface area contributed by atoms with E-state index in [1.165, 1.54) is 0 Å². The smallest absolute Gasteiger partial charge is 0.267 e. The van der Waals surface area contributed by atoms with Gasteiger partial charge in [0.05, 0.1) is 13.2 Å². The zero-order valence-corrected chi connectivity index (χ0v) is 14.3. The Bertz CT molecular complexity index is 887. The zero-order chi connectivity index (χ0) is 17.2. The first-order chi connectivity index (χ1) is 12.2. The van der Waals surface area contributed by atoms with Crippen molar-refractivity contribution in [2.24, 2.45) is 0 Å². The molecule has 0 aliphatic carbocycles. The van der Waals surface area contributed by atoms with Crippen LogP contribution in [-0.2, 0) is 4.74 Å². The van der Waals surface area contributed by atoms with Crippen molar-refractivity contribution in [1.29, 1.82) is 0 Å². The monoisotopic (exact) mass is 337 g/mol. The summed E-state index contributed by atoms with van der Waals surface area (Å²) in [6, 6.07) is 7.93. The van der Waals surface area contributed by atoms with Crippen LogP contribution in [0.4, 0.5) is 5.95 Å². The molecule has 1 aliphatic rings. The van der Waals surface area contributed by atoms with Crippen LogP contribution in [0.5, 0.6) is 0 Å². The van der Waals surface area contributed by atoms with E-state index in [1.807, 2.05) is 38.1 Å². The predicted octanol–water partition coefficient (Wildman–Crippen LogP) is 2.65. The highest BCUT2D eigenvalue weighted by Gasteiger charge is 2.19. The molecule has 3 aromatic rings. The molecule has 1 aromatic carbocycles. The molecule has 2 aromatic heterocycles. The Kier molecular flexibility index (Phi) is 4.15. The largest absolute Gasteiger partial charge is 0.415 e. The van der Waals surface area contributed by atoms with Crippen molar-refractivity contribution in [2.45, 2.75) is 13.8 Å². The highest BCUT2D eigenvalue weighted by molar-refractivity contribution is 5.61. The maximum atomic E-state index is 5.90. The molecule has 0 N–H and O–H groups in total. The maximum absolute atomic E-state index is 5.90. The van der Waals surface area contributed by atoms with Gasteiger partial charge < -0.3 is 14.1 Å². The molecule has 0 spiro atoms. The van der Waals surface area contributed by atoms with E-state index in [4.69, 9.17) is 9.15 Å². The van der Waals surface area contributed by atoms with Gasteiger partial charge in [0, 0.05) is 24.8 Å². The van der Waals surface area contributed by atoms with E-state index in [2.05, 4.69) is 25.1 Å². The number of morpholine rings is 1. The first kappa shape index (κ1) is 15.7. The molecule has 7 heteroatoms. The molecule has 3 heterocycles. The van der Waals surface area contributed by atoms with Crippen LogP contribution < -0.4 is 4.90 Å². The van der Waals surface area contributed by atoms with E-state index < -0.39 is 0 Å². The molecule has 1 aliphatic heterocycles. The average Bonchev–Trinajstić information content (AvgIpc) is 3.13. The minimum atomic E-state index is 0.410. The van der Waals surface area contributed by atoms with Crippen LogP contribution in [0, 0.1) is 13.8 Å². The fourth-order valence-corrected chi connectivity index (χ4v) is 2.81. The molecule has 0 amide bonds. The van der Waals surface area contributed by atoms with Crippen molar-refractivity contribution in [1.82, 2.24) is 20.2 Å². The number of anilines is 1. The van der Waals surface area contributed by atoms with Crippen molar-refractivity contribution in [3.63, 3.8) is 0 Å². The van der Waals surface area contributed by atoms with Gasteiger partial charge in [-0.05, 0) is 31.0 Å². The Morgan fingerprint density at radius 2 is 1.72 bits per heavy atom. The van der Waals surface area contributed by atoms with Crippen LogP contribution >= 0.6 is 0 Å². The summed E-state index contributed by atoms with van der Waals surface area (Å²) in [6.45, 7) is 6.89. The van der Waals surface area contributed by atoms with Crippen LogP contribution in [0.15, 0.2) is 34.9 Å². The molecule has 0 bridgehead atoms. The van der Waals surface area contributed by atoms with Crippen molar-refractivity contribution < 1.29 is 9.15 Å². The van der Waals surface area contributed by atoms with Crippen molar-refractivity contribution in [3.8, 4) is 23.0 Å². The summed E-state index contributed by atoms with van der Waals surface area (Å²) >= 11 is 0. The Balaban J connectivity index is 1.69. The van der Waals surface area contributed by atoms with Gasteiger partial charge in [-0.2, -0.15) is 0 Å². The summed E-state index contributed by atoms with van der Waals surface area (Å²) in [4.78, 5) is 11.2. The third-order valence-electron chi connectivity index (χ3n) is 4.26. The summed E-state index contributed by atoms with van der Waals surface area (Å²) < 4.78 is 11.3. The molecule has 7 nitrogen and oxygen atoms in total. The van der Waals surface area contributed by atoms with Crippen LogP contribution in [0.25, 0.3) is 23.0 Å². The van der Waals surface area contributed by atoms with E-state index in [0.717, 1.165) is 29.8 Å².